The molecule has 0 saturated heterocycles. The van der Waals surface area contributed by atoms with Crippen molar-refractivity contribution in [3.63, 3.8) is 0 Å². The number of pyridine rings is 2. The number of hydrogen-bond donors (Lipinski definition) is 0. The van der Waals surface area contributed by atoms with E-state index < -0.39 is 0 Å². The number of benzene rings is 2. The fraction of sp³-hybridized carbons (Fsp3) is 0.235. The van der Waals surface area contributed by atoms with Crippen LogP contribution in [0, 0.1) is 0 Å². The zero-order valence-corrected chi connectivity index (χ0v) is 22.3. The summed E-state index contributed by atoms with van der Waals surface area (Å²) in [5.74, 6) is 0. The van der Waals surface area contributed by atoms with E-state index in [1.54, 1.807) is 0 Å². The highest BCUT2D eigenvalue weighted by atomic mass is 14.8. The maximum atomic E-state index is 4.57. The van der Waals surface area contributed by atoms with E-state index >= 15 is 0 Å². The lowest BCUT2D eigenvalue weighted by Gasteiger charge is -2.18. The average molecular weight is 473 g/mol. The minimum absolute atomic E-state index is 0.163. The first-order chi connectivity index (χ1) is 17.1. The van der Waals surface area contributed by atoms with Gasteiger partial charge in [-0.2, -0.15) is 0 Å². The van der Waals surface area contributed by atoms with Crippen molar-refractivity contribution in [1.82, 2.24) is 9.97 Å². The average Bonchev–Trinajstić information content (AvgIpc) is 2.86. The molecule has 2 aromatic carbocycles. The van der Waals surface area contributed by atoms with Crippen LogP contribution in [0.3, 0.4) is 0 Å². The molecule has 0 N–H and O–H groups in total. The van der Waals surface area contributed by atoms with Crippen LogP contribution in [0.4, 0.5) is 0 Å². The second kappa shape index (κ2) is 10.5. The summed E-state index contributed by atoms with van der Waals surface area (Å²) >= 11 is 0. The highest BCUT2D eigenvalue weighted by molar-refractivity contribution is 5.74. The molecule has 0 fully saturated rings. The van der Waals surface area contributed by atoms with Crippen LogP contribution in [0.5, 0.6) is 0 Å². The van der Waals surface area contributed by atoms with Crippen LogP contribution in [-0.4, -0.2) is 9.97 Å². The Kier molecular flexibility index (Phi) is 7.35. The Labute approximate surface area is 216 Å². The van der Waals surface area contributed by atoms with Crippen LogP contribution >= 0.6 is 0 Å². The van der Waals surface area contributed by atoms with Crippen molar-refractivity contribution >= 4 is 24.3 Å². The molecule has 0 aliphatic rings. The molecule has 0 aliphatic carbocycles. The quantitative estimate of drug-likeness (QED) is 0.289. The summed E-state index contributed by atoms with van der Waals surface area (Å²) in [6.07, 6.45) is 12.2. The molecule has 0 spiro atoms. The molecule has 0 radical (unpaired) electrons. The zero-order chi connectivity index (χ0) is 25.8. The van der Waals surface area contributed by atoms with Crippen molar-refractivity contribution in [2.24, 2.45) is 0 Å². The van der Waals surface area contributed by atoms with Gasteiger partial charge >= 0.3 is 0 Å². The van der Waals surface area contributed by atoms with Gasteiger partial charge in [0.2, 0.25) is 0 Å². The van der Waals surface area contributed by atoms with Crippen LogP contribution in [0.1, 0.15) is 74.9 Å². The Morgan fingerprint density at radius 1 is 0.444 bits per heavy atom. The molecule has 2 nitrogen and oxygen atoms in total. The Bertz CT molecular complexity index is 1250. The first-order valence-corrected chi connectivity index (χ1v) is 12.6. The number of hydrogen-bond acceptors (Lipinski definition) is 2. The van der Waals surface area contributed by atoms with Gasteiger partial charge < -0.3 is 0 Å². The summed E-state index contributed by atoms with van der Waals surface area (Å²) in [5.41, 5.74) is 9.30. The van der Waals surface area contributed by atoms with Crippen LogP contribution in [0.15, 0.2) is 85.2 Å². The fourth-order valence-electron chi connectivity index (χ4n) is 3.95. The molecular weight excluding hydrogens is 436 g/mol. The fourth-order valence-corrected chi connectivity index (χ4v) is 3.95. The predicted molar refractivity (Wildman–Crippen MR) is 156 cm³/mol. The molecule has 182 valence electrons. The van der Waals surface area contributed by atoms with Crippen LogP contribution in [-0.2, 0) is 10.8 Å². The van der Waals surface area contributed by atoms with Crippen molar-refractivity contribution in [1.29, 1.82) is 0 Å². The van der Waals surface area contributed by atoms with E-state index in [9.17, 15) is 0 Å². The largest absolute Gasteiger partial charge is 0.255 e. The number of aromatic nitrogens is 2. The molecule has 2 aromatic heterocycles. The molecule has 0 amide bonds. The molecule has 2 heterocycles. The summed E-state index contributed by atoms with van der Waals surface area (Å²) in [7, 11) is 0. The van der Waals surface area contributed by atoms with Gasteiger partial charge in [-0.3, -0.25) is 9.97 Å². The normalized spacial score (nSPS) is 12.5. The van der Waals surface area contributed by atoms with E-state index in [0.717, 1.165) is 22.5 Å². The molecule has 4 aromatic rings. The summed E-state index contributed by atoms with van der Waals surface area (Å²) in [5, 5.41) is 0. The molecule has 0 saturated carbocycles. The van der Waals surface area contributed by atoms with Crippen LogP contribution in [0.2, 0.25) is 0 Å². The molecule has 4 rings (SSSR count). The summed E-state index contributed by atoms with van der Waals surface area (Å²) in [6, 6.07) is 25.7. The minimum atomic E-state index is 0.163. The lowest BCUT2D eigenvalue weighted by atomic mass is 9.86. The first kappa shape index (κ1) is 25.3. The molecule has 0 atom stereocenters. The van der Waals surface area contributed by atoms with Crippen molar-refractivity contribution in [2.45, 2.75) is 52.4 Å². The maximum absolute atomic E-state index is 4.57. The Balaban J connectivity index is 1.49. The van der Waals surface area contributed by atoms with Crippen molar-refractivity contribution < 1.29 is 0 Å². The molecular formula is C34H36N2. The predicted octanol–water partition coefficient (Wildman–Crippen LogP) is 9.08. The van der Waals surface area contributed by atoms with Crippen LogP contribution in [0.25, 0.3) is 35.7 Å². The molecule has 0 unspecified atom stereocenters. The van der Waals surface area contributed by atoms with Gasteiger partial charge in [-0.05, 0) is 68.5 Å². The van der Waals surface area contributed by atoms with E-state index in [4.69, 9.17) is 0 Å². The van der Waals surface area contributed by atoms with E-state index in [2.05, 4.69) is 136 Å². The summed E-state index contributed by atoms with van der Waals surface area (Å²) in [4.78, 5) is 9.15. The molecule has 2 heteroatoms. The van der Waals surface area contributed by atoms with E-state index in [-0.39, 0.29) is 10.8 Å². The molecule has 0 bridgehead atoms. The van der Waals surface area contributed by atoms with Gasteiger partial charge in [0, 0.05) is 12.4 Å². The first-order valence-electron chi connectivity index (χ1n) is 12.6. The van der Waals surface area contributed by atoms with Gasteiger partial charge in [0.05, 0.1) is 11.4 Å². The number of nitrogens with zero attached hydrogens (tertiary/aromatic N) is 2. The number of rotatable bonds is 5. The standard InChI is InChI=1S/C34H36N2/c1-33(2,3)29-15-11-25(12-16-29)7-9-27-19-21-35-31(23-27)32-24-28(20-22-36-32)10-8-26-13-17-30(18-14-26)34(4,5)6/h7-24H,1-6H3. The third kappa shape index (κ3) is 6.66. The lowest BCUT2D eigenvalue weighted by Crippen LogP contribution is -2.10. The van der Waals surface area contributed by atoms with E-state index in [0.29, 0.717) is 0 Å². The van der Waals surface area contributed by atoms with Crippen LogP contribution < -0.4 is 0 Å². The van der Waals surface area contributed by atoms with Crippen molar-refractivity contribution in [3.8, 4) is 11.4 Å². The highest BCUT2D eigenvalue weighted by Crippen LogP contribution is 2.24. The van der Waals surface area contributed by atoms with Crippen molar-refractivity contribution in [2.75, 3.05) is 0 Å². The molecule has 36 heavy (non-hydrogen) atoms. The molecule has 0 aliphatic heterocycles. The summed E-state index contributed by atoms with van der Waals surface area (Å²) < 4.78 is 0. The van der Waals surface area contributed by atoms with Gasteiger partial charge in [0.1, 0.15) is 0 Å². The van der Waals surface area contributed by atoms with Gasteiger partial charge in [-0.25, -0.2) is 0 Å². The Hall–Kier alpha value is -3.78. The van der Waals surface area contributed by atoms with Gasteiger partial charge in [0.25, 0.3) is 0 Å². The third-order valence-electron chi connectivity index (χ3n) is 6.32. The second-order valence-electron chi connectivity index (χ2n) is 11.4. The SMILES string of the molecule is CC(C)(C)c1ccc(C=Cc2ccnc(-c3cc(C=Cc4ccc(C(C)(C)C)cc4)ccn3)c2)cc1. The Morgan fingerprint density at radius 2 is 0.778 bits per heavy atom. The van der Waals surface area contributed by atoms with E-state index in [1.165, 1.54) is 22.3 Å². The van der Waals surface area contributed by atoms with E-state index in [1.807, 2.05) is 24.5 Å². The second-order valence-corrected chi connectivity index (χ2v) is 11.4. The minimum Gasteiger partial charge on any atom is -0.255 e. The van der Waals surface area contributed by atoms with Crippen molar-refractivity contribution in [3.05, 3.63) is 119 Å². The monoisotopic (exact) mass is 472 g/mol. The summed E-state index contributed by atoms with van der Waals surface area (Å²) in [6.45, 7) is 13.4. The van der Waals surface area contributed by atoms with Gasteiger partial charge in [-0.15, -0.1) is 0 Å². The lowest BCUT2D eigenvalue weighted by molar-refractivity contribution is 0.590. The third-order valence-corrected chi connectivity index (χ3v) is 6.32. The smallest absolute Gasteiger partial charge is 0.0892 e. The maximum Gasteiger partial charge on any atom is 0.0892 e. The zero-order valence-electron chi connectivity index (χ0n) is 22.3. The van der Waals surface area contributed by atoms with Gasteiger partial charge in [0.15, 0.2) is 0 Å². The topological polar surface area (TPSA) is 25.8 Å². The Morgan fingerprint density at radius 3 is 1.11 bits per heavy atom. The highest BCUT2D eigenvalue weighted by Gasteiger charge is 2.13. The van der Waals surface area contributed by atoms with Gasteiger partial charge in [-0.1, -0.05) is 114 Å².